The third-order valence-electron chi connectivity index (χ3n) is 4.57. The van der Waals surface area contributed by atoms with Gasteiger partial charge in [-0.05, 0) is 24.6 Å². The normalized spacial score (nSPS) is 16.8. The molecule has 1 fully saturated rings. The van der Waals surface area contributed by atoms with E-state index in [9.17, 15) is 13.6 Å². The molecule has 0 saturated carbocycles. The van der Waals surface area contributed by atoms with Crippen molar-refractivity contribution >= 4 is 5.91 Å². The number of halogens is 2. The Morgan fingerprint density at radius 2 is 1.88 bits per heavy atom. The zero-order valence-electron chi connectivity index (χ0n) is 13.8. The van der Waals surface area contributed by atoms with E-state index in [4.69, 9.17) is 0 Å². The highest BCUT2D eigenvalue weighted by Crippen LogP contribution is 2.25. The fraction of sp³-hybridized carbons (Fsp3) is 0.211. The fourth-order valence-electron chi connectivity index (χ4n) is 3.15. The average Bonchev–Trinajstić information content (AvgIpc) is 3.33. The molecular weight excluding hydrogens is 338 g/mol. The van der Waals surface area contributed by atoms with E-state index in [0.717, 1.165) is 29.8 Å². The van der Waals surface area contributed by atoms with Crippen LogP contribution >= 0.6 is 0 Å². The Balaban J connectivity index is 1.48. The molecule has 4 rings (SSSR count). The van der Waals surface area contributed by atoms with Gasteiger partial charge in [-0.1, -0.05) is 35.5 Å². The molecule has 0 radical (unpaired) electrons. The molecule has 132 valence electrons. The number of amides is 1. The summed E-state index contributed by atoms with van der Waals surface area (Å²) in [5.74, 6) is -2.29. The van der Waals surface area contributed by atoms with Crippen molar-refractivity contribution < 1.29 is 13.6 Å². The van der Waals surface area contributed by atoms with Gasteiger partial charge in [0.2, 0.25) is 0 Å². The molecule has 1 atom stereocenters. The monoisotopic (exact) mass is 354 g/mol. The summed E-state index contributed by atoms with van der Waals surface area (Å²) in [6, 6.07) is 13.0. The van der Waals surface area contributed by atoms with Crippen molar-refractivity contribution in [1.82, 2.24) is 19.9 Å². The summed E-state index contributed by atoms with van der Waals surface area (Å²) in [5, 5.41) is 8.38. The molecular formula is C19H16F2N4O. The van der Waals surface area contributed by atoms with Gasteiger partial charge in [0.1, 0.15) is 5.69 Å². The van der Waals surface area contributed by atoms with Crippen LogP contribution in [0.1, 0.15) is 22.8 Å². The van der Waals surface area contributed by atoms with Gasteiger partial charge >= 0.3 is 0 Å². The van der Waals surface area contributed by atoms with Crippen LogP contribution in [-0.2, 0) is 0 Å². The van der Waals surface area contributed by atoms with Crippen LogP contribution in [0.5, 0.6) is 0 Å². The minimum Gasteiger partial charge on any atom is -0.336 e. The number of hydrogen-bond donors (Lipinski definition) is 0. The van der Waals surface area contributed by atoms with Crippen molar-refractivity contribution in [3.63, 3.8) is 0 Å². The van der Waals surface area contributed by atoms with Gasteiger partial charge in [0.05, 0.1) is 12.2 Å². The molecule has 1 aliphatic rings. The largest absolute Gasteiger partial charge is 0.336 e. The molecule has 1 unspecified atom stereocenters. The minimum atomic E-state index is -1.02. The number of rotatable bonds is 3. The van der Waals surface area contributed by atoms with E-state index >= 15 is 0 Å². The molecule has 7 heteroatoms. The quantitative estimate of drug-likeness (QED) is 0.725. The summed E-state index contributed by atoms with van der Waals surface area (Å²) in [5.41, 5.74) is 1.90. The Bertz CT molecular complexity index is 942. The van der Waals surface area contributed by atoms with E-state index in [0.29, 0.717) is 13.1 Å². The molecule has 0 spiro atoms. The lowest BCUT2D eigenvalue weighted by atomic mass is 10.2. The first-order valence-electron chi connectivity index (χ1n) is 8.33. The second-order valence-corrected chi connectivity index (χ2v) is 6.27. The highest BCUT2D eigenvalue weighted by Gasteiger charge is 2.29. The van der Waals surface area contributed by atoms with Crippen molar-refractivity contribution in [3.05, 3.63) is 71.9 Å². The summed E-state index contributed by atoms with van der Waals surface area (Å²) < 4.78 is 28.2. The molecule has 0 bridgehead atoms. The molecule has 1 saturated heterocycles. The number of aromatic nitrogens is 3. The minimum absolute atomic E-state index is 0.00853. The van der Waals surface area contributed by atoms with Crippen LogP contribution in [0.15, 0.2) is 54.7 Å². The van der Waals surface area contributed by atoms with Gasteiger partial charge in [-0.25, -0.2) is 13.5 Å². The van der Waals surface area contributed by atoms with E-state index in [1.807, 2.05) is 36.5 Å². The molecule has 1 amide bonds. The summed E-state index contributed by atoms with van der Waals surface area (Å²) in [6.45, 7) is 0.985. The fourth-order valence-corrected chi connectivity index (χ4v) is 3.15. The number of benzene rings is 2. The van der Waals surface area contributed by atoms with E-state index in [1.54, 1.807) is 9.58 Å². The first-order valence-corrected chi connectivity index (χ1v) is 8.33. The highest BCUT2D eigenvalue weighted by atomic mass is 19.2. The van der Waals surface area contributed by atoms with Crippen LogP contribution in [0.4, 0.5) is 8.78 Å². The first kappa shape index (κ1) is 16.4. The van der Waals surface area contributed by atoms with Gasteiger partial charge in [0.15, 0.2) is 11.6 Å². The van der Waals surface area contributed by atoms with Crippen LogP contribution in [0.3, 0.4) is 0 Å². The van der Waals surface area contributed by atoms with E-state index in [-0.39, 0.29) is 17.5 Å². The second-order valence-electron chi connectivity index (χ2n) is 6.27. The molecule has 3 aromatic rings. The van der Waals surface area contributed by atoms with Crippen LogP contribution in [-0.4, -0.2) is 38.9 Å². The lowest BCUT2D eigenvalue weighted by Crippen LogP contribution is -2.29. The van der Waals surface area contributed by atoms with Gasteiger partial charge < -0.3 is 4.90 Å². The summed E-state index contributed by atoms with van der Waals surface area (Å²) >= 11 is 0. The molecule has 2 heterocycles. The summed E-state index contributed by atoms with van der Waals surface area (Å²) in [6.07, 6.45) is 2.60. The maximum atomic E-state index is 13.4. The van der Waals surface area contributed by atoms with Crippen molar-refractivity contribution in [2.45, 2.75) is 12.5 Å². The van der Waals surface area contributed by atoms with Crippen molar-refractivity contribution in [2.75, 3.05) is 13.1 Å². The molecule has 2 aromatic carbocycles. The molecule has 1 aromatic heterocycles. The van der Waals surface area contributed by atoms with Gasteiger partial charge in [-0.2, -0.15) is 0 Å². The topological polar surface area (TPSA) is 51.0 Å². The zero-order chi connectivity index (χ0) is 18.1. The predicted octanol–water partition coefficient (Wildman–Crippen LogP) is 3.31. The third kappa shape index (κ3) is 3.08. The SMILES string of the molecule is O=C(c1ccc(F)c(F)c1)N1CCC(n2cc(-c3ccccc3)nn2)C1. The van der Waals surface area contributed by atoms with E-state index in [1.165, 1.54) is 6.07 Å². The number of carbonyl (C=O) groups excluding carboxylic acids is 1. The van der Waals surface area contributed by atoms with E-state index in [2.05, 4.69) is 10.3 Å². The summed E-state index contributed by atoms with van der Waals surface area (Å²) in [7, 11) is 0. The lowest BCUT2D eigenvalue weighted by Gasteiger charge is -2.16. The van der Waals surface area contributed by atoms with Gasteiger partial charge in [-0.3, -0.25) is 4.79 Å². The second kappa shape index (κ2) is 6.67. The van der Waals surface area contributed by atoms with Crippen LogP contribution in [0.2, 0.25) is 0 Å². The smallest absolute Gasteiger partial charge is 0.254 e. The molecule has 1 aliphatic heterocycles. The highest BCUT2D eigenvalue weighted by molar-refractivity contribution is 5.94. The average molecular weight is 354 g/mol. The predicted molar refractivity (Wildman–Crippen MR) is 91.4 cm³/mol. The first-order chi connectivity index (χ1) is 12.6. The molecule has 0 aliphatic carbocycles. The van der Waals surface area contributed by atoms with E-state index < -0.39 is 11.6 Å². The maximum Gasteiger partial charge on any atom is 0.254 e. The molecule has 0 N–H and O–H groups in total. The Hall–Kier alpha value is -3.09. The Morgan fingerprint density at radius 1 is 1.08 bits per heavy atom. The number of likely N-dealkylation sites (tertiary alicyclic amines) is 1. The summed E-state index contributed by atoms with van der Waals surface area (Å²) in [4.78, 5) is 14.1. The van der Waals surface area contributed by atoms with Crippen LogP contribution in [0, 0.1) is 11.6 Å². The van der Waals surface area contributed by atoms with Gasteiger partial charge in [-0.15, -0.1) is 5.10 Å². The molecule has 26 heavy (non-hydrogen) atoms. The standard InChI is InChI=1S/C19H16F2N4O/c20-16-7-6-14(10-17(16)21)19(26)24-9-8-15(11-24)25-12-18(22-23-25)13-4-2-1-3-5-13/h1-7,10,12,15H,8-9,11H2. The number of nitrogens with zero attached hydrogens (tertiary/aromatic N) is 4. The van der Waals surface area contributed by atoms with Gasteiger partial charge in [0.25, 0.3) is 5.91 Å². The van der Waals surface area contributed by atoms with Gasteiger partial charge in [0, 0.05) is 24.2 Å². The Kier molecular flexibility index (Phi) is 4.20. The number of carbonyl (C=O) groups is 1. The zero-order valence-corrected chi connectivity index (χ0v) is 13.8. The third-order valence-corrected chi connectivity index (χ3v) is 4.57. The lowest BCUT2D eigenvalue weighted by molar-refractivity contribution is 0.0786. The Morgan fingerprint density at radius 3 is 2.65 bits per heavy atom. The maximum absolute atomic E-state index is 13.4. The van der Waals surface area contributed by atoms with Crippen molar-refractivity contribution in [1.29, 1.82) is 0 Å². The Labute approximate surface area is 148 Å². The molecule has 5 nitrogen and oxygen atoms in total. The van der Waals surface area contributed by atoms with Crippen molar-refractivity contribution in [2.24, 2.45) is 0 Å². The van der Waals surface area contributed by atoms with Crippen LogP contribution < -0.4 is 0 Å². The number of hydrogen-bond acceptors (Lipinski definition) is 3. The van der Waals surface area contributed by atoms with Crippen LogP contribution in [0.25, 0.3) is 11.3 Å². The van der Waals surface area contributed by atoms with Crippen molar-refractivity contribution in [3.8, 4) is 11.3 Å².